The van der Waals surface area contributed by atoms with Crippen LogP contribution in [0.25, 0.3) is 0 Å². The standard InChI is InChI=1S/C20H32ClN3O3/c1-13(2)23(9)16-11-14(10-15(21)12-16)17(25)24(19(3,4)5)22-18(26)27-20(6,7)8/h10-13H,1-9H3,(H,22,26). The van der Waals surface area contributed by atoms with Gasteiger partial charge < -0.3 is 9.64 Å². The Hall–Kier alpha value is -1.95. The second-order valence-corrected chi connectivity index (χ2v) is 9.26. The average Bonchev–Trinajstić information content (AvgIpc) is 2.47. The third-order valence-corrected chi connectivity index (χ3v) is 4.01. The number of hydrogen-bond acceptors (Lipinski definition) is 4. The highest BCUT2D eigenvalue weighted by Crippen LogP contribution is 2.25. The van der Waals surface area contributed by atoms with Gasteiger partial charge in [-0.2, -0.15) is 0 Å². The molecule has 0 atom stereocenters. The van der Waals surface area contributed by atoms with Crippen molar-refractivity contribution in [1.82, 2.24) is 10.4 Å². The Bertz CT molecular complexity index is 691. The summed E-state index contributed by atoms with van der Waals surface area (Å²) < 4.78 is 5.29. The lowest BCUT2D eigenvalue weighted by atomic mass is 10.1. The maximum absolute atomic E-state index is 13.2. The summed E-state index contributed by atoms with van der Waals surface area (Å²) in [4.78, 5) is 27.4. The molecule has 0 heterocycles. The fourth-order valence-electron chi connectivity index (χ4n) is 2.24. The molecule has 1 rings (SSSR count). The number of carbonyl (C=O) groups excluding carboxylic acids is 2. The monoisotopic (exact) mass is 397 g/mol. The molecule has 1 aromatic rings. The SMILES string of the molecule is CC(C)N(C)c1cc(Cl)cc(C(=O)N(NC(=O)OC(C)(C)C)C(C)(C)C)c1. The second-order valence-electron chi connectivity index (χ2n) is 8.83. The summed E-state index contributed by atoms with van der Waals surface area (Å²) in [6, 6.07) is 5.41. The smallest absolute Gasteiger partial charge is 0.426 e. The number of amides is 2. The minimum Gasteiger partial charge on any atom is -0.443 e. The van der Waals surface area contributed by atoms with Crippen molar-refractivity contribution in [3.63, 3.8) is 0 Å². The van der Waals surface area contributed by atoms with E-state index in [1.165, 1.54) is 5.01 Å². The highest BCUT2D eigenvalue weighted by Gasteiger charge is 2.31. The van der Waals surface area contributed by atoms with Gasteiger partial charge >= 0.3 is 6.09 Å². The van der Waals surface area contributed by atoms with E-state index in [1.807, 2.05) is 46.6 Å². The zero-order chi connectivity index (χ0) is 21.2. The third kappa shape index (κ3) is 6.94. The van der Waals surface area contributed by atoms with E-state index in [0.717, 1.165) is 5.69 Å². The molecule has 0 fully saturated rings. The molecule has 0 unspecified atom stereocenters. The Balaban J connectivity index is 3.22. The van der Waals surface area contributed by atoms with Gasteiger partial charge in [0, 0.05) is 29.4 Å². The first-order valence-electron chi connectivity index (χ1n) is 8.99. The van der Waals surface area contributed by atoms with Crippen LogP contribution in [0, 0.1) is 0 Å². The number of anilines is 1. The molecule has 0 spiro atoms. The van der Waals surface area contributed by atoms with Gasteiger partial charge in [0.15, 0.2) is 0 Å². The molecule has 0 aliphatic rings. The van der Waals surface area contributed by atoms with Crippen molar-refractivity contribution in [3.05, 3.63) is 28.8 Å². The van der Waals surface area contributed by atoms with Gasteiger partial charge in [-0.15, -0.1) is 0 Å². The molecular weight excluding hydrogens is 366 g/mol. The van der Waals surface area contributed by atoms with Gasteiger partial charge in [-0.25, -0.2) is 15.2 Å². The summed E-state index contributed by atoms with van der Waals surface area (Å²) >= 11 is 6.25. The maximum atomic E-state index is 13.2. The van der Waals surface area contributed by atoms with Crippen LogP contribution in [-0.4, -0.2) is 41.2 Å². The fraction of sp³-hybridized carbons (Fsp3) is 0.600. The number of hydrogen-bond donors (Lipinski definition) is 1. The third-order valence-electron chi connectivity index (χ3n) is 3.79. The molecule has 1 aromatic carbocycles. The normalized spacial score (nSPS) is 12.0. The van der Waals surface area contributed by atoms with Crippen LogP contribution in [0.2, 0.25) is 5.02 Å². The molecule has 6 nitrogen and oxygen atoms in total. The van der Waals surface area contributed by atoms with Gasteiger partial charge in [0.05, 0.1) is 5.54 Å². The van der Waals surface area contributed by atoms with E-state index in [4.69, 9.17) is 16.3 Å². The number of benzene rings is 1. The first kappa shape index (κ1) is 23.1. The zero-order valence-electron chi connectivity index (χ0n) is 17.8. The molecule has 7 heteroatoms. The Labute approximate surface area is 167 Å². The summed E-state index contributed by atoms with van der Waals surface area (Å²) in [6.45, 7) is 14.9. The van der Waals surface area contributed by atoms with E-state index < -0.39 is 17.2 Å². The maximum Gasteiger partial charge on any atom is 0.426 e. The van der Waals surface area contributed by atoms with Crippen LogP contribution in [0.3, 0.4) is 0 Å². The molecule has 27 heavy (non-hydrogen) atoms. The molecule has 0 bridgehead atoms. The molecule has 0 aromatic heterocycles. The van der Waals surface area contributed by atoms with Crippen molar-refractivity contribution in [2.24, 2.45) is 0 Å². The number of nitrogens with zero attached hydrogens (tertiary/aromatic N) is 2. The van der Waals surface area contributed by atoms with Crippen LogP contribution in [0.1, 0.15) is 65.7 Å². The van der Waals surface area contributed by atoms with E-state index in [1.54, 1.807) is 39.0 Å². The summed E-state index contributed by atoms with van der Waals surface area (Å²) in [5.74, 6) is -0.366. The van der Waals surface area contributed by atoms with Gasteiger partial charge in [-0.05, 0) is 73.6 Å². The first-order valence-corrected chi connectivity index (χ1v) is 9.37. The van der Waals surface area contributed by atoms with Crippen LogP contribution in [0.5, 0.6) is 0 Å². The van der Waals surface area contributed by atoms with Gasteiger partial charge in [0.1, 0.15) is 5.60 Å². The quantitative estimate of drug-likeness (QED) is 0.739. The Kier molecular flexibility index (Phi) is 7.17. The van der Waals surface area contributed by atoms with Gasteiger partial charge in [-0.3, -0.25) is 4.79 Å². The molecule has 152 valence electrons. The lowest BCUT2D eigenvalue weighted by molar-refractivity contribution is 0.0118. The molecule has 0 aliphatic carbocycles. The number of ether oxygens (including phenoxy) is 1. The average molecular weight is 398 g/mol. The Morgan fingerprint density at radius 1 is 1.07 bits per heavy atom. The van der Waals surface area contributed by atoms with Gasteiger partial charge in [-0.1, -0.05) is 11.6 Å². The predicted molar refractivity (Wildman–Crippen MR) is 110 cm³/mol. The molecule has 2 amide bonds. The fourth-order valence-corrected chi connectivity index (χ4v) is 2.47. The van der Waals surface area contributed by atoms with Crippen LogP contribution in [0.4, 0.5) is 10.5 Å². The lowest BCUT2D eigenvalue weighted by Crippen LogP contribution is -2.56. The summed E-state index contributed by atoms with van der Waals surface area (Å²) in [5, 5.41) is 1.72. The number of hydrazine groups is 1. The van der Waals surface area contributed by atoms with Crippen LogP contribution >= 0.6 is 11.6 Å². The number of carbonyl (C=O) groups is 2. The van der Waals surface area contributed by atoms with E-state index >= 15 is 0 Å². The first-order chi connectivity index (χ1) is 12.1. The van der Waals surface area contributed by atoms with Crippen molar-refractivity contribution >= 4 is 29.3 Å². The number of nitrogens with one attached hydrogen (secondary N) is 1. The largest absolute Gasteiger partial charge is 0.443 e. The Morgan fingerprint density at radius 3 is 2.07 bits per heavy atom. The number of halogens is 1. The van der Waals surface area contributed by atoms with Crippen molar-refractivity contribution < 1.29 is 14.3 Å². The molecule has 0 saturated carbocycles. The van der Waals surface area contributed by atoms with Crippen LogP contribution in [0.15, 0.2) is 18.2 Å². The molecule has 0 aliphatic heterocycles. The molecule has 0 radical (unpaired) electrons. The molecular formula is C20H32ClN3O3. The lowest BCUT2D eigenvalue weighted by Gasteiger charge is -2.36. The predicted octanol–water partition coefficient (Wildman–Crippen LogP) is 4.87. The van der Waals surface area contributed by atoms with E-state index in [9.17, 15) is 9.59 Å². The van der Waals surface area contributed by atoms with E-state index in [2.05, 4.69) is 5.43 Å². The minimum atomic E-state index is -0.688. The van der Waals surface area contributed by atoms with E-state index in [0.29, 0.717) is 10.6 Å². The van der Waals surface area contributed by atoms with E-state index in [-0.39, 0.29) is 11.9 Å². The van der Waals surface area contributed by atoms with Crippen molar-refractivity contribution in [2.45, 2.75) is 72.6 Å². The minimum absolute atomic E-state index is 0.241. The number of rotatable bonds is 3. The molecule has 1 N–H and O–H groups in total. The van der Waals surface area contributed by atoms with Crippen LogP contribution < -0.4 is 10.3 Å². The van der Waals surface area contributed by atoms with Gasteiger partial charge in [0.25, 0.3) is 5.91 Å². The summed E-state index contributed by atoms with van der Waals surface area (Å²) in [5.41, 5.74) is 2.45. The zero-order valence-corrected chi connectivity index (χ0v) is 18.6. The summed E-state index contributed by atoms with van der Waals surface area (Å²) in [7, 11) is 1.94. The Morgan fingerprint density at radius 2 is 1.63 bits per heavy atom. The van der Waals surface area contributed by atoms with Crippen molar-refractivity contribution in [1.29, 1.82) is 0 Å². The second kappa shape index (κ2) is 8.38. The van der Waals surface area contributed by atoms with Crippen molar-refractivity contribution in [2.75, 3.05) is 11.9 Å². The van der Waals surface area contributed by atoms with Crippen LogP contribution in [-0.2, 0) is 4.74 Å². The molecule has 0 saturated heterocycles. The van der Waals surface area contributed by atoms with Crippen molar-refractivity contribution in [3.8, 4) is 0 Å². The van der Waals surface area contributed by atoms with Gasteiger partial charge in [0.2, 0.25) is 0 Å². The topological polar surface area (TPSA) is 61.9 Å². The summed E-state index contributed by atoms with van der Waals surface area (Å²) in [6.07, 6.45) is -0.688. The highest BCUT2D eigenvalue weighted by atomic mass is 35.5. The highest BCUT2D eigenvalue weighted by molar-refractivity contribution is 6.31.